The second kappa shape index (κ2) is 6.93. The SMILES string of the molecule is CN(C(=O)CN1C(=O)/C(=C\c2ccco2)SC1=S)C1CCS(=O)(=O)C1. The van der Waals surface area contributed by atoms with Gasteiger partial charge in [0.1, 0.15) is 16.6 Å². The fraction of sp³-hybridized carbons (Fsp3) is 0.400. The molecule has 0 spiro atoms. The lowest BCUT2D eigenvalue weighted by Gasteiger charge is -2.25. The van der Waals surface area contributed by atoms with Crippen LogP contribution in [0.1, 0.15) is 12.2 Å². The van der Waals surface area contributed by atoms with E-state index >= 15 is 0 Å². The molecule has 0 N–H and O–H groups in total. The Labute approximate surface area is 154 Å². The van der Waals surface area contributed by atoms with E-state index < -0.39 is 9.84 Å². The average Bonchev–Trinajstić information content (AvgIpc) is 3.24. The van der Waals surface area contributed by atoms with E-state index in [2.05, 4.69) is 0 Å². The van der Waals surface area contributed by atoms with Gasteiger partial charge in [0.05, 0.1) is 22.7 Å². The van der Waals surface area contributed by atoms with Crippen molar-refractivity contribution in [3.63, 3.8) is 0 Å². The first-order valence-electron chi connectivity index (χ1n) is 7.52. The molecule has 1 aromatic heterocycles. The predicted octanol–water partition coefficient (Wildman–Crippen LogP) is 1.13. The molecule has 2 aliphatic rings. The number of thiocarbonyl (C=S) groups is 1. The molecule has 3 rings (SSSR count). The van der Waals surface area contributed by atoms with Gasteiger partial charge in [-0.05, 0) is 18.6 Å². The third-order valence-electron chi connectivity index (χ3n) is 4.13. The second-order valence-corrected chi connectivity index (χ2v) is 9.75. The summed E-state index contributed by atoms with van der Waals surface area (Å²) in [5.41, 5.74) is 0. The zero-order chi connectivity index (χ0) is 18.2. The lowest BCUT2D eigenvalue weighted by atomic mass is 10.2. The van der Waals surface area contributed by atoms with Gasteiger partial charge in [-0.1, -0.05) is 24.0 Å². The average molecular weight is 401 g/mol. The maximum atomic E-state index is 12.5. The van der Waals surface area contributed by atoms with E-state index in [0.29, 0.717) is 21.4 Å². The highest BCUT2D eigenvalue weighted by Gasteiger charge is 2.37. The molecule has 0 radical (unpaired) electrons. The molecule has 2 amide bonds. The molecule has 7 nitrogen and oxygen atoms in total. The molecule has 10 heteroatoms. The first-order chi connectivity index (χ1) is 11.8. The molecule has 134 valence electrons. The Kier molecular flexibility index (Phi) is 5.03. The molecule has 0 aromatic carbocycles. The Hall–Kier alpha value is -1.65. The van der Waals surface area contributed by atoms with E-state index in [9.17, 15) is 18.0 Å². The van der Waals surface area contributed by atoms with Gasteiger partial charge < -0.3 is 9.32 Å². The Balaban J connectivity index is 1.67. The molecule has 2 fully saturated rings. The number of sulfone groups is 1. The Morgan fingerprint density at radius 3 is 2.92 bits per heavy atom. The molecular formula is C15H16N2O5S3. The van der Waals surface area contributed by atoms with E-state index in [1.807, 2.05) is 0 Å². The number of nitrogens with zero attached hydrogens (tertiary/aromatic N) is 2. The van der Waals surface area contributed by atoms with Crippen LogP contribution in [0.15, 0.2) is 27.7 Å². The van der Waals surface area contributed by atoms with Crippen molar-refractivity contribution in [2.24, 2.45) is 0 Å². The number of hydrogen-bond acceptors (Lipinski definition) is 7. The predicted molar refractivity (Wildman–Crippen MR) is 98.4 cm³/mol. The number of hydrogen-bond donors (Lipinski definition) is 0. The number of likely N-dealkylation sites (N-methyl/N-ethyl adjacent to an activating group) is 1. The highest BCUT2D eigenvalue weighted by atomic mass is 32.2. The third-order valence-corrected chi connectivity index (χ3v) is 7.26. The molecule has 0 aliphatic carbocycles. The van der Waals surface area contributed by atoms with Crippen molar-refractivity contribution in [3.8, 4) is 0 Å². The van der Waals surface area contributed by atoms with E-state index in [1.165, 1.54) is 16.1 Å². The summed E-state index contributed by atoms with van der Waals surface area (Å²) in [4.78, 5) is 27.9. The van der Waals surface area contributed by atoms with Gasteiger partial charge in [0.25, 0.3) is 5.91 Å². The van der Waals surface area contributed by atoms with Crippen LogP contribution >= 0.6 is 24.0 Å². The van der Waals surface area contributed by atoms with Crippen LogP contribution in [-0.4, -0.2) is 65.5 Å². The first kappa shape index (κ1) is 18.2. The molecule has 2 saturated heterocycles. The van der Waals surface area contributed by atoms with Gasteiger partial charge in [-0.3, -0.25) is 14.5 Å². The molecule has 0 saturated carbocycles. The van der Waals surface area contributed by atoms with Crippen molar-refractivity contribution in [3.05, 3.63) is 29.1 Å². The smallest absolute Gasteiger partial charge is 0.266 e. The number of thioether (sulfide) groups is 1. The molecule has 2 aliphatic heterocycles. The summed E-state index contributed by atoms with van der Waals surface area (Å²) in [6.45, 7) is -0.201. The Morgan fingerprint density at radius 1 is 1.56 bits per heavy atom. The number of carbonyl (C=O) groups is 2. The van der Waals surface area contributed by atoms with Crippen LogP contribution < -0.4 is 0 Å². The van der Waals surface area contributed by atoms with Crippen LogP contribution in [0.4, 0.5) is 0 Å². The lowest BCUT2D eigenvalue weighted by Crippen LogP contribution is -2.45. The van der Waals surface area contributed by atoms with Gasteiger partial charge in [0.2, 0.25) is 5.91 Å². The summed E-state index contributed by atoms with van der Waals surface area (Å²) in [5.74, 6) is -0.112. The van der Waals surface area contributed by atoms with Crippen molar-refractivity contribution >= 4 is 56.0 Å². The Bertz CT molecular complexity index is 845. The minimum Gasteiger partial charge on any atom is -0.465 e. The number of amides is 2. The second-order valence-electron chi connectivity index (χ2n) is 5.84. The zero-order valence-corrected chi connectivity index (χ0v) is 15.8. The summed E-state index contributed by atoms with van der Waals surface area (Å²) in [5, 5.41) is 0. The summed E-state index contributed by atoms with van der Waals surface area (Å²) < 4.78 is 28.6. The number of carbonyl (C=O) groups excluding carboxylic acids is 2. The van der Waals surface area contributed by atoms with Gasteiger partial charge >= 0.3 is 0 Å². The zero-order valence-electron chi connectivity index (χ0n) is 13.4. The van der Waals surface area contributed by atoms with Gasteiger partial charge in [-0.15, -0.1) is 0 Å². The largest absolute Gasteiger partial charge is 0.465 e. The van der Waals surface area contributed by atoms with Crippen molar-refractivity contribution in [1.29, 1.82) is 0 Å². The van der Waals surface area contributed by atoms with Crippen molar-refractivity contribution < 1.29 is 22.4 Å². The van der Waals surface area contributed by atoms with Crippen molar-refractivity contribution in [2.45, 2.75) is 12.5 Å². The van der Waals surface area contributed by atoms with Gasteiger partial charge in [0.15, 0.2) is 9.84 Å². The maximum Gasteiger partial charge on any atom is 0.266 e. The van der Waals surface area contributed by atoms with E-state index in [0.717, 1.165) is 11.8 Å². The van der Waals surface area contributed by atoms with Gasteiger partial charge in [-0.2, -0.15) is 0 Å². The monoisotopic (exact) mass is 400 g/mol. The van der Waals surface area contributed by atoms with Crippen LogP contribution in [0.2, 0.25) is 0 Å². The summed E-state index contributed by atoms with van der Waals surface area (Å²) in [7, 11) is -1.52. The van der Waals surface area contributed by atoms with Crippen molar-refractivity contribution in [2.75, 3.05) is 25.1 Å². The number of rotatable bonds is 4. The fourth-order valence-corrected chi connectivity index (χ4v) is 5.68. The minimum absolute atomic E-state index is 0.0357. The van der Waals surface area contributed by atoms with Crippen LogP contribution in [-0.2, 0) is 19.4 Å². The molecule has 1 unspecified atom stereocenters. The molecule has 25 heavy (non-hydrogen) atoms. The van der Waals surface area contributed by atoms with E-state index in [-0.39, 0.29) is 35.9 Å². The summed E-state index contributed by atoms with van der Waals surface area (Å²) in [6, 6.07) is 3.07. The quantitative estimate of drug-likeness (QED) is 0.553. The van der Waals surface area contributed by atoms with Gasteiger partial charge in [-0.25, -0.2) is 8.42 Å². The molecule has 3 heterocycles. The summed E-state index contributed by atoms with van der Waals surface area (Å²) >= 11 is 6.30. The molecule has 1 atom stereocenters. The highest BCUT2D eigenvalue weighted by molar-refractivity contribution is 8.26. The van der Waals surface area contributed by atoms with E-state index in [4.69, 9.17) is 16.6 Å². The third kappa shape index (κ3) is 3.96. The first-order valence-corrected chi connectivity index (χ1v) is 10.6. The topological polar surface area (TPSA) is 87.9 Å². The molecule has 1 aromatic rings. The summed E-state index contributed by atoms with van der Waals surface area (Å²) in [6.07, 6.45) is 3.50. The van der Waals surface area contributed by atoms with Crippen LogP contribution in [0.25, 0.3) is 6.08 Å². The molecular weight excluding hydrogens is 384 g/mol. The number of furan rings is 1. The maximum absolute atomic E-state index is 12.5. The van der Waals surface area contributed by atoms with E-state index in [1.54, 1.807) is 25.3 Å². The minimum atomic E-state index is -3.08. The fourth-order valence-electron chi connectivity index (χ4n) is 2.67. The van der Waals surface area contributed by atoms with Crippen LogP contribution in [0, 0.1) is 0 Å². The lowest BCUT2D eigenvalue weighted by molar-refractivity contribution is -0.135. The molecule has 0 bridgehead atoms. The highest BCUT2D eigenvalue weighted by Crippen LogP contribution is 2.32. The normalized spacial score (nSPS) is 24.3. The van der Waals surface area contributed by atoms with Gasteiger partial charge in [0, 0.05) is 19.2 Å². The standard InChI is InChI=1S/C15H16N2O5S3/c1-16(10-4-6-25(20,21)9-10)13(18)8-17-14(19)12(24-15(17)23)7-11-3-2-5-22-11/h2-3,5,7,10H,4,6,8-9H2,1H3/b12-7+. The van der Waals surface area contributed by atoms with Crippen molar-refractivity contribution in [1.82, 2.24) is 9.80 Å². The van der Waals surface area contributed by atoms with Crippen LogP contribution in [0.5, 0.6) is 0 Å². The Morgan fingerprint density at radius 2 is 2.32 bits per heavy atom. The van der Waals surface area contributed by atoms with Crippen LogP contribution in [0.3, 0.4) is 0 Å².